The fourth-order valence-electron chi connectivity index (χ4n) is 3.84. The molecule has 0 aliphatic heterocycles. The Morgan fingerprint density at radius 1 is 1.25 bits per heavy atom. The second kappa shape index (κ2) is 7.20. The standard InChI is InChI=1S/C20H26N2O2/c1-14-17(13-19(23)24-3)20(16-11-7-8-12-18(16)21-14)22(2)15-9-5-4-6-10-15/h7-8,11-12,15H,4-6,9-10,13H2,1-3H3. The Hall–Kier alpha value is -2.10. The summed E-state index contributed by atoms with van der Waals surface area (Å²) in [7, 11) is 3.61. The summed E-state index contributed by atoms with van der Waals surface area (Å²) in [4.78, 5) is 19.1. The van der Waals surface area contributed by atoms with Crippen molar-refractivity contribution in [3.8, 4) is 0 Å². The predicted molar refractivity (Wildman–Crippen MR) is 97.5 cm³/mol. The van der Waals surface area contributed by atoms with E-state index in [2.05, 4.69) is 18.0 Å². The van der Waals surface area contributed by atoms with Gasteiger partial charge >= 0.3 is 5.97 Å². The Morgan fingerprint density at radius 2 is 1.96 bits per heavy atom. The molecule has 4 nitrogen and oxygen atoms in total. The third-order valence-electron chi connectivity index (χ3n) is 5.19. The second-order valence-corrected chi connectivity index (χ2v) is 6.70. The van der Waals surface area contributed by atoms with Crippen molar-refractivity contribution in [3.63, 3.8) is 0 Å². The minimum Gasteiger partial charge on any atom is -0.469 e. The number of hydrogen-bond donors (Lipinski definition) is 0. The highest BCUT2D eigenvalue weighted by Crippen LogP contribution is 2.35. The molecule has 1 aromatic heterocycles. The molecule has 1 heterocycles. The number of benzene rings is 1. The van der Waals surface area contributed by atoms with E-state index in [1.807, 2.05) is 25.1 Å². The highest BCUT2D eigenvalue weighted by Gasteiger charge is 2.24. The SMILES string of the molecule is COC(=O)Cc1c(C)nc2ccccc2c1N(C)C1CCCCC1. The van der Waals surface area contributed by atoms with Crippen LogP contribution in [-0.2, 0) is 16.0 Å². The number of carbonyl (C=O) groups excluding carboxylic acids is 1. The summed E-state index contributed by atoms with van der Waals surface area (Å²) in [5, 5.41) is 1.12. The first-order chi connectivity index (χ1) is 11.6. The number of rotatable bonds is 4. The monoisotopic (exact) mass is 326 g/mol. The fraction of sp³-hybridized carbons (Fsp3) is 0.500. The molecule has 0 unspecified atom stereocenters. The molecule has 0 amide bonds. The first kappa shape index (κ1) is 16.7. The van der Waals surface area contributed by atoms with Gasteiger partial charge in [0.2, 0.25) is 0 Å². The highest BCUT2D eigenvalue weighted by molar-refractivity contribution is 5.95. The van der Waals surface area contributed by atoms with Crippen LogP contribution in [0.1, 0.15) is 43.4 Å². The molecule has 0 bridgehead atoms. The largest absolute Gasteiger partial charge is 0.469 e. The Balaban J connectivity index is 2.13. The molecule has 1 aliphatic rings. The van der Waals surface area contributed by atoms with Crippen LogP contribution in [0.25, 0.3) is 10.9 Å². The van der Waals surface area contributed by atoms with Crippen molar-refractivity contribution in [1.29, 1.82) is 0 Å². The Kier molecular flexibility index (Phi) is 5.03. The molecule has 3 rings (SSSR count). The fourth-order valence-corrected chi connectivity index (χ4v) is 3.84. The minimum atomic E-state index is -0.214. The van der Waals surface area contributed by atoms with Crippen molar-refractivity contribution in [2.75, 3.05) is 19.1 Å². The Labute approximate surface area is 143 Å². The summed E-state index contributed by atoms with van der Waals surface area (Å²) >= 11 is 0. The van der Waals surface area contributed by atoms with Crippen molar-refractivity contribution in [2.45, 2.75) is 51.5 Å². The van der Waals surface area contributed by atoms with Gasteiger partial charge in [-0.1, -0.05) is 37.5 Å². The maximum atomic E-state index is 12.0. The number of aryl methyl sites for hydroxylation is 1. The Morgan fingerprint density at radius 3 is 2.67 bits per heavy atom. The molecule has 4 heteroatoms. The molecule has 0 radical (unpaired) electrons. The van der Waals surface area contributed by atoms with Crippen LogP contribution in [0.5, 0.6) is 0 Å². The third kappa shape index (κ3) is 3.23. The number of nitrogens with zero attached hydrogens (tertiary/aromatic N) is 2. The van der Waals surface area contributed by atoms with Crippen molar-refractivity contribution in [3.05, 3.63) is 35.5 Å². The van der Waals surface area contributed by atoms with E-state index in [1.54, 1.807) is 0 Å². The van der Waals surface area contributed by atoms with Crippen molar-refractivity contribution in [2.24, 2.45) is 0 Å². The number of para-hydroxylation sites is 1. The molecule has 24 heavy (non-hydrogen) atoms. The van der Waals surface area contributed by atoms with Gasteiger partial charge in [-0.3, -0.25) is 9.78 Å². The molecule has 128 valence electrons. The van der Waals surface area contributed by atoms with E-state index in [4.69, 9.17) is 9.72 Å². The maximum Gasteiger partial charge on any atom is 0.310 e. The molecule has 0 atom stereocenters. The number of anilines is 1. The van der Waals surface area contributed by atoms with E-state index < -0.39 is 0 Å². The van der Waals surface area contributed by atoms with E-state index >= 15 is 0 Å². The lowest BCUT2D eigenvalue weighted by atomic mass is 9.92. The van der Waals surface area contributed by atoms with Crippen LogP contribution >= 0.6 is 0 Å². The molecular weight excluding hydrogens is 300 g/mol. The van der Waals surface area contributed by atoms with Gasteiger partial charge in [0, 0.05) is 29.7 Å². The van der Waals surface area contributed by atoms with Crippen molar-refractivity contribution < 1.29 is 9.53 Å². The van der Waals surface area contributed by atoms with Crippen LogP contribution in [0.3, 0.4) is 0 Å². The van der Waals surface area contributed by atoms with Gasteiger partial charge in [0.1, 0.15) is 0 Å². The third-order valence-corrected chi connectivity index (χ3v) is 5.19. The molecule has 0 spiro atoms. The first-order valence-electron chi connectivity index (χ1n) is 8.79. The molecule has 0 N–H and O–H groups in total. The topological polar surface area (TPSA) is 42.4 Å². The van der Waals surface area contributed by atoms with Crippen molar-refractivity contribution >= 4 is 22.6 Å². The van der Waals surface area contributed by atoms with Gasteiger partial charge in [-0.05, 0) is 25.8 Å². The lowest BCUT2D eigenvalue weighted by molar-refractivity contribution is -0.139. The summed E-state index contributed by atoms with van der Waals surface area (Å²) in [5.41, 5.74) is 4.04. The number of esters is 1. The number of aromatic nitrogens is 1. The van der Waals surface area contributed by atoms with Gasteiger partial charge in [0.15, 0.2) is 0 Å². The number of methoxy groups -OCH3 is 1. The summed E-state index contributed by atoms with van der Waals surface area (Å²) in [6, 6.07) is 8.73. The first-order valence-corrected chi connectivity index (χ1v) is 8.79. The minimum absolute atomic E-state index is 0.214. The zero-order valence-electron chi connectivity index (χ0n) is 14.8. The van der Waals surface area contributed by atoms with Crippen LogP contribution in [0, 0.1) is 6.92 Å². The van der Waals surface area contributed by atoms with Crippen LogP contribution < -0.4 is 4.90 Å². The highest BCUT2D eigenvalue weighted by atomic mass is 16.5. The number of hydrogen-bond acceptors (Lipinski definition) is 4. The van der Waals surface area contributed by atoms with Gasteiger partial charge < -0.3 is 9.64 Å². The molecule has 1 aromatic carbocycles. The lowest BCUT2D eigenvalue weighted by Gasteiger charge is -2.35. The summed E-state index contributed by atoms with van der Waals surface area (Å²) in [6.07, 6.45) is 6.59. The van der Waals surface area contributed by atoms with E-state index in [0.29, 0.717) is 6.04 Å². The summed E-state index contributed by atoms with van der Waals surface area (Å²) in [5.74, 6) is -0.214. The maximum absolute atomic E-state index is 12.0. The van der Waals surface area contributed by atoms with Crippen LogP contribution in [0.2, 0.25) is 0 Å². The average Bonchev–Trinajstić information content (AvgIpc) is 2.62. The molecular formula is C20H26N2O2. The van der Waals surface area contributed by atoms with E-state index in [1.165, 1.54) is 39.2 Å². The number of pyridine rings is 1. The normalized spacial score (nSPS) is 15.5. The lowest BCUT2D eigenvalue weighted by Crippen LogP contribution is -2.34. The quantitative estimate of drug-likeness (QED) is 0.796. The van der Waals surface area contributed by atoms with Crippen LogP contribution in [-0.4, -0.2) is 31.2 Å². The van der Waals surface area contributed by atoms with E-state index in [0.717, 1.165) is 27.8 Å². The zero-order valence-corrected chi connectivity index (χ0v) is 14.8. The smallest absolute Gasteiger partial charge is 0.310 e. The summed E-state index contributed by atoms with van der Waals surface area (Å²) < 4.78 is 4.92. The second-order valence-electron chi connectivity index (χ2n) is 6.70. The van der Waals surface area contributed by atoms with Gasteiger partial charge in [-0.15, -0.1) is 0 Å². The van der Waals surface area contributed by atoms with Gasteiger partial charge in [-0.25, -0.2) is 0 Å². The Bertz CT molecular complexity index is 736. The number of carbonyl (C=O) groups is 1. The predicted octanol–water partition coefficient (Wildman–Crippen LogP) is 4.03. The molecule has 0 saturated heterocycles. The molecule has 1 aliphatic carbocycles. The molecule has 1 saturated carbocycles. The molecule has 2 aromatic rings. The van der Waals surface area contributed by atoms with Gasteiger partial charge in [-0.2, -0.15) is 0 Å². The van der Waals surface area contributed by atoms with Crippen LogP contribution in [0.4, 0.5) is 5.69 Å². The number of ether oxygens (including phenoxy) is 1. The van der Waals surface area contributed by atoms with Crippen LogP contribution in [0.15, 0.2) is 24.3 Å². The van der Waals surface area contributed by atoms with E-state index in [-0.39, 0.29) is 12.4 Å². The van der Waals surface area contributed by atoms with Gasteiger partial charge in [0.25, 0.3) is 0 Å². The summed E-state index contributed by atoms with van der Waals surface area (Å²) in [6.45, 7) is 1.99. The van der Waals surface area contributed by atoms with E-state index in [9.17, 15) is 4.79 Å². The van der Waals surface area contributed by atoms with Gasteiger partial charge in [0.05, 0.1) is 24.7 Å². The average molecular weight is 326 g/mol. The number of fused-ring (bicyclic) bond motifs is 1. The van der Waals surface area contributed by atoms with Crippen molar-refractivity contribution in [1.82, 2.24) is 4.98 Å². The molecule has 1 fully saturated rings. The zero-order chi connectivity index (χ0) is 17.1.